The number of aromatic amines is 1. The van der Waals surface area contributed by atoms with E-state index >= 15 is 0 Å². The van der Waals surface area contributed by atoms with Crippen LogP contribution in [0.15, 0.2) is 58.1 Å². The number of amides is 1. The number of carbonyl (C=O) groups excluding carboxylic acids is 1. The highest BCUT2D eigenvalue weighted by molar-refractivity contribution is 5.81. The molecule has 0 aliphatic carbocycles. The highest BCUT2D eigenvalue weighted by atomic mass is 19.4. The van der Waals surface area contributed by atoms with E-state index in [2.05, 4.69) is 15.2 Å². The summed E-state index contributed by atoms with van der Waals surface area (Å²) < 4.78 is 41.1. The molecule has 3 rings (SSSR count). The number of carbonyl (C=O) groups is 1. The van der Waals surface area contributed by atoms with E-state index in [0.29, 0.717) is 5.56 Å². The molecule has 1 amide bonds. The molecule has 0 saturated carbocycles. The second-order valence-corrected chi connectivity index (χ2v) is 5.85. The lowest BCUT2D eigenvalue weighted by atomic mass is 10.2. The Hall–Kier alpha value is -3.56. The van der Waals surface area contributed by atoms with Crippen molar-refractivity contribution in [3.63, 3.8) is 0 Å². The van der Waals surface area contributed by atoms with Crippen LogP contribution in [0.3, 0.4) is 0 Å². The summed E-state index contributed by atoms with van der Waals surface area (Å²) in [6, 6.07) is 11.2. The molecule has 1 aromatic heterocycles. The SMILES string of the molecule is O=C(Cn1[nH]c(=O)c2ccccc2c1=O)NCc1ccc(OC(F)(F)F)cc1. The van der Waals surface area contributed by atoms with Gasteiger partial charge in [-0.2, -0.15) is 0 Å². The van der Waals surface area contributed by atoms with E-state index in [9.17, 15) is 27.6 Å². The molecule has 0 unspecified atom stereocenters. The van der Waals surface area contributed by atoms with Crippen LogP contribution >= 0.6 is 0 Å². The van der Waals surface area contributed by atoms with Gasteiger partial charge in [-0.1, -0.05) is 24.3 Å². The maximum absolute atomic E-state index is 12.3. The summed E-state index contributed by atoms with van der Waals surface area (Å²) in [5.41, 5.74) is -0.482. The number of aromatic nitrogens is 2. The summed E-state index contributed by atoms with van der Waals surface area (Å²) in [5.74, 6) is -0.925. The lowest BCUT2D eigenvalue weighted by molar-refractivity contribution is -0.274. The molecule has 7 nitrogen and oxygen atoms in total. The third kappa shape index (κ3) is 4.58. The molecular formula is C18H14F3N3O4. The largest absolute Gasteiger partial charge is 0.573 e. The molecule has 0 radical (unpaired) electrons. The third-order valence-electron chi connectivity index (χ3n) is 3.83. The van der Waals surface area contributed by atoms with Gasteiger partial charge in [-0.25, -0.2) is 4.68 Å². The number of halogens is 3. The Morgan fingerprint density at radius 2 is 1.68 bits per heavy atom. The topological polar surface area (TPSA) is 93.2 Å². The number of hydrogen-bond acceptors (Lipinski definition) is 4. The maximum atomic E-state index is 12.3. The van der Waals surface area contributed by atoms with E-state index in [-0.39, 0.29) is 23.1 Å². The van der Waals surface area contributed by atoms with Gasteiger partial charge in [0.25, 0.3) is 11.1 Å². The van der Waals surface area contributed by atoms with Crippen LogP contribution in [0.25, 0.3) is 10.8 Å². The van der Waals surface area contributed by atoms with E-state index in [1.165, 1.54) is 24.3 Å². The van der Waals surface area contributed by atoms with Crippen molar-refractivity contribution >= 4 is 16.7 Å². The Balaban J connectivity index is 1.65. The molecule has 0 spiro atoms. The molecule has 10 heteroatoms. The minimum Gasteiger partial charge on any atom is -0.406 e. The van der Waals surface area contributed by atoms with Crippen molar-refractivity contribution in [2.75, 3.05) is 0 Å². The van der Waals surface area contributed by atoms with Gasteiger partial charge >= 0.3 is 6.36 Å². The molecule has 146 valence electrons. The lowest BCUT2D eigenvalue weighted by Gasteiger charge is -2.10. The van der Waals surface area contributed by atoms with Crippen molar-refractivity contribution < 1.29 is 22.7 Å². The quantitative estimate of drug-likeness (QED) is 0.693. The van der Waals surface area contributed by atoms with Gasteiger partial charge in [0, 0.05) is 6.54 Å². The summed E-state index contributed by atoms with van der Waals surface area (Å²) in [4.78, 5) is 36.4. The number of nitrogens with zero attached hydrogens (tertiary/aromatic N) is 1. The monoisotopic (exact) mass is 393 g/mol. The number of hydrogen-bond donors (Lipinski definition) is 2. The summed E-state index contributed by atoms with van der Waals surface area (Å²) in [6.45, 7) is -0.383. The molecule has 0 aliphatic rings. The van der Waals surface area contributed by atoms with Crippen LogP contribution in [0.1, 0.15) is 5.56 Å². The van der Waals surface area contributed by atoms with Crippen LogP contribution in [0.2, 0.25) is 0 Å². The Kier molecular flexibility index (Phi) is 5.21. The van der Waals surface area contributed by atoms with Crippen LogP contribution in [0, 0.1) is 0 Å². The molecule has 0 aliphatic heterocycles. The average molecular weight is 393 g/mol. The number of benzene rings is 2. The summed E-state index contributed by atoms with van der Waals surface area (Å²) in [6.07, 6.45) is -4.78. The van der Waals surface area contributed by atoms with Gasteiger partial charge in [0.15, 0.2) is 0 Å². The van der Waals surface area contributed by atoms with Crippen LogP contribution in [0.4, 0.5) is 13.2 Å². The van der Waals surface area contributed by atoms with Crippen LogP contribution in [-0.2, 0) is 17.9 Å². The maximum Gasteiger partial charge on any atom is 0.573 e. The molecular weight excluding hydrogens is 379 g/mol. The number of rotatable bonds is 5. The molecule has 1 heterocycles. The van der Waals surface area contributed by atoms with Gasteiger partial charge in [0.05, 0.1) is 10.8 Å². The average Bonchev–Trinajstić information content (AvgIpc) is 2.64. The van der Waals surface area contributed by atoms with Crippen molar-refractivity contribution in [1.82, 2.24) is 15.1 Å². The van der Waals surface area contributed by atoms with Crippen molar-refractivity contribution in [2.24, 2.45) is 0 Å². The number of H-pyrrole nitrogens is 1. The van der Waals surface area contributed by atoms with Gasteiger partial charge < -0.3 is 10.1 Å². The first-order chi connectivity index (χ1) is 13.2. The van der Waals surface area contributed by atoms with Crippen molar-refractivity contribution in [3.8, 4) is 5.75 Å². The predicted octanol–water partition coefficient (Wildman–Crippen LogP) is 1.90. The number of nitrogens with one attached hydrogen (secondary N) is 2. The molecule has 0 fully saturated rings. The second kappa shape index (κ2) is 7.59. The van der Waals surface area contributed by atoms with E-state index in [1.54, 1.807) is 12.1 Å². The highest BCUT2D eigenvalue weighted by Gasteiger charge is 2.30. The minimum atomic E-state index is -4.78. The molecule has 0 bridgehead atoms. The van der Waals surface area contributed by atoms with Gasteiger partial charge in [-0.3, -0.25) is 19.5 Å². The number of fused-ring (bicyclic) bond motifs is 1. The Labute approximate surface area is 155 Å². The zero-order valence-electron chi connectivity index (χ0n) is 14.2. The Morgan fingerprint density at radius 1 is 1.04 bits per heavy atom. The first-order valence-electron chi connectivity index (χ1n) is 8.06. The van der Waals surface area contributed by atoms with Gasteiger partial charge in [0.2, 0.25) is 5.91 Å². The molecule has 2 aromatic carbocycles. The molecule has 3 aromatic rings. The highest BCUT2D eigenvalue weighted by Crippen LogP contribution is 2.22. The Morgan fingerprint density at radius 3 is 2.32 bits per heavy atom. The smallest absolute Gasteiger partial charge is 0.406 e. The fourth-order valence-electron chi connectivity index (χ4n) is 2.57. The lowest BCUT2D eigenvalue weighted by Crippen LogP contribution is -2.36. The summed E-state index contributed by atoms with van der Waals surface area (Å²) in [5, 5.41) is 5.29. The zero-order valence-corrected chi connectivity index (χ0v) is 14.2. The van der Waals surface area contributed by atoms with Crippen molar-refractivity contribution in [2.45, 2.75) is 19.5 Å². The first-order valence-corrected chi connectivity index (χ1v) is 8.06. The van der Waals surface area contributed by atoms with Crippen molar-refractivity contribution in [3.05, 3.63) is 74.8 Å². The van der Waals surface area contributed by atoms with Gasteiger partial charge in [-0.15, -0.1) is 13.2 Å². The minimum absolute atomic E-state index is 0.0255. The van der Waals surface area contributed by atoms with Crippen molar-refractivity contribution in [1.29, 1.82) is 0 Å². The van der Waals surface area contributed by atoms with Crippen LogP contribution in [0.5, 0.6) is 5.75 Å². The second-order valence-electron chi connectivity index (χ2n) is 5.85. The normalized spacial score (nSPS) is 11.4. The summed E-state index contributed by atoms with van der Waals surface area (Å²) in [7, 11) is 0. The fraction of sp³-hybridized carbons (Fsp3) is 0.167. The third-order valence-corrected chi connectivity index (χ3v) is 3.83. The predicted molar refractivity (Wildman–Crippen MR) is 93.8 cm³/mol. The van der Waals surface area contributed by atoms with Crippen LogP contribution < -0.4 is 21.2 Å². The van der Waals surface area contributed by atoms with E-state index in [1.807, 2.05) is 0 Å². The number of ether oxygens (including phenoxy) is 1. The molecule has 28 heavy (non-hydrogen) atoms. The van der Waals surface area contributed by atoms with E-state index in [4.69, 9.17) is 0 Å². The number of alkyl halides is 3. The first kappa shape index (κ1) is 19.2. The van der Waals surface area contributed by atoms with Gasteiger partial charge in [0.1, 0.15) is 12.3 Å². The molecule has 2 N–H and O–H groups in total. The fourth-order valence-corrected chi connectivity index (χ4v) is 2.57. The summed E-state index contributed by atoms with van der Waals surface area (Å²) >= 11 is 0. The standard InChI is InChI=1S/C18H14F3N3O4/c19-18(20,21)28-12-7-5-11(6-8-12)9-22-15(25)10-24-17(27)14-4-2-1-3-13(14)16(26)23-24/h1-8H,9-10H2,(H,22,25)(H,23,26). The molecule has 0 atom stereocenters. The Bertz CT molecular complexity index is 1120. The zero-order chi connectivity index (χ0) is 20.3. The van der Waals surface area contributed by atoms with E-state index in [0.717, 1.165) is 16.8 Å². The van der Waals surface area contributed by atoms with Crippen LogP contribution in [-0.4, -0.2) is 22.1 Å². The van der Waals surface area contributed by atoms with E-state index < -0.39 is 29.9 Å². The van der Waals surface area contributed by atoms with Gasteiger partial charge in [-0.05, 0) is 29.8 Å². The molecule has 0 saturated heterocycles.